The Morgan fingerprint density at radius 3 is 2.38 bits per heavy atom. The fourth-order valence-corrected chi connectivity index (χ4v) is 2.35. The summed E-state index contributed by atoms with van der Waals surface area (Å²) >= 11 is 5.91. The van der Waals surface area contributed by atoms with Gasteiger partial charge in [0, 0.05) is 5.69 Å². The van der Waals surface area contributed by atoms with Crippen LogP contribution >= 0.6 is 11.6 Å². The number of hydrogen-bond donors (Lipinski definition) is 0. The van der Waals surface area contributed by atoms with Gasteiger partial charge in [0.25, 0.3) is 0 Å². The Hall–Kier alpha value is -1.58. The van der Waals surface area contributed by atoms with Gasteiger partial charge >= 0.3 is 0 Å². The minimum atomic E-state index is 0.166. The molecule has 2 rings (SSSR count). The molecule has 0 fully saturated rings. The summed E-state index contributed by atoms with van der Waals surface area (Å²) in [5, 5.41) is 18.3. The van der Waals surface area contributed by atoms with Gasteiger partial charge in [-0.05, 0) is 31.2 Å². The fourth-order valence-electron chi connectivity index (χ4n) is 2.11. The minimum absolute atomic E-state index is 0.166. The summed E-state index contributed by atoms with van der Waals surface area (Å²) in [6.45, 7) is 0. The maximum Gasteiger partial charge on any atom is 0.148 e. The first-order valence-electron chi connectivity index (χ1n) is 5.29. The van der Waals surface area contributed by atoms with Crippen LogP contribution < -0.4 is 0 Å². The van der Waals surface area contributed by atoms with Crippen LogP contribution in [0.1, 0.15) is 41.6 Å². The minimum Gasteiger partial charge on any atom is -0.239 e. The van der Waals surface area contributed by atoms with Crippen molar-refractivity contribution in [3.05, 3.63) is 27.5 Å². The summed E-state index contributed by atoms with van der Waals surface area (Å²) in [6.07, 6.45) is 4.95. The molecule has 1 heterocycles. The molecule has 0 atom stereocenters. The molecule has 0 radical (unpaired) electrons. The first kappa shape index (κ1) is 10.9. The van der Waals surface area contributed by atoms with E-state index in [1.165, 1.54) is 0 Å². The molecule has 3 nitrogen and oxygen atoms in total. The molecule has 4 heteroatoms. The van der Waals surface area contributed by atoms with Crippen LogP contribution in [0.25, 0.3) is 0 Å². The highest BCUT2D eigenvalue weighted by Gasteiger charge is 2.19. The highest BCUT2D eigenvalue weighted by molar-refractivity contribution is 6.30. The Labute approximate surface area is 99.3 Å². The first-order valence-corrected chi connectivity index (χ1v) is 5.67. The zero-order valence-electron chi connectivity index (χ0n) is 8.76. The van der Waals surface area contributed by atoms with E-state index in [0.717, 1.165) is 43.4 Å². The fraction of sp³-hybridized carbons (Fsp3) is 0.417. The number of halogens is 1. The van der Waals surface area contributed by atoms with Crippen LogP contribution in [0.2, 0.25) is 5.15 Å². The maximum atomic E-state index is 9.13. The molecule has 0 saturated carbocycles. The van der Waals surface area contributed by atoms with E-state index in [1.54, 1.807) is 0 Å². The molecule has 1 aromatic heterocycles. The number of aromatic nitrogens is 1. The third-order valence-corrected chi connectivity index (χ3v) is 3.18. The van der Waals surface area contributed by atoms with E-state index in [9.17, 15) is 0 Å². The lowest BCUT2D eigenvalue weighted by Crippen LogP contribution is -2.03. The standard InChI is InChI=1S/C12H10ClN3/c13-12-10(7-15)9(6-14)8-4-2-1-3-5-11(8)16-12/h1-5H2. The Kier molecular flexibility index (Phi) is 3.08. The van der Waals surface area contributed by atoms with E-state index >= 15 is 0 Å². The maximum absolute atomic E-state index is 9.13. The number of aryl methyl sites for hydroxylation is 1. The van der Waals surface area contributed by atoms with Crippen molar-refractivity contribution in [3.63, 3.8) is 0 Å². The van der Waals surface area contributed by atoms with Gasteiger partial charge in [0.15, 0.2) is 0 Å². The van der Waals surface area contributed by atoms with Gasteiger partial charge in [0.05, 0.1) is 5.56 Å². The van der Waals surface area contributed by atoms with Crippen molar-refractivity contribution in [3.8, 4) is 12.1 Å². The molecule has 0 bridgehead atoms. The molecule has 0 spiro atoms. The number of hydrogen-bond acceptors (Lipinski definition) is 3. The van der Waals surface area contributed by atoms with Crippen molar-refractivity contribution in [2.45, 2.75) is 32.1 Å². The Balaban J connectivity index is 2.69. The lowest BCUT2D eigenvalue weighted by atomic mass is 9.99. The second kappa shape index (κ2) is 4.51. The van der Waals surface area contributed by atoms with E-state index in [4.69, 9.17) is 22.1 Å². The van der Waals surface area contributed by atoms with Crippen molar-refractivity contribution < 1.29 is 0 Å². The molecule has 80 valence electrons. The topological polar surface area (TPSA) is 60.5 Å². The summed E-state index contributed by atoms with van der Waals surface area (Å²) in [5.41, 5.74) is 2.49. The number of fused-ring (bicyclic) bond motifs is 1. The predicted molar refractivity (Wildman–Crippen MR) is 59.9 cm³/mol. The van der Waals surface area contributed by atoms with Gasteiger partial charge in [-0.3, -0.25) is 0 Å². The summed E-state index contributed by atoms with van der Waals surface area (Å²) in [6, 6.07) is 4.06. The number of pyridine rings is 1. The van der Waals surface area contributed by atoms with Crippen molar-refractivity contribution in [2.75, 3.05) is 0 Å². The monoisotopic (exact) mass is 231 g/mol. The van der Waals surface area contributed by atoms with Crippen molar-refractivity contribution >= 4 is 11.6 Å². The van der Waals surface area contributed by atoms with Crippen molar-refractivity contribution in [2.24, 2.45) is 0 Å². The van der Waals surface area contributed by atoms with Crippen LogP contribution in [0.4, 0.5) is 0 Å². The van der Waals surface area contributed by atoms with E-state index in [2.05, 4.69) is 11.1 Å². The second-order valence-electron chi connectivity index (χ2n) is 3.86. The zero-order valence-corrected chi connectivity index (χ0v) is 9.51. The van der Waals surface area contributed by atoms with Gasteiger partial charge in [0.2, 0.25) is 0 Å². The molecule has 0 saturated heterocycles. The predicted octanol–water partition coefficient (Wildman–Crippen LogP) is 2.75. The molecule has 1 aliphatic rings. The van der Waals surface area contributed by atoms with Crippen LogP contribution in [0.15, 0.2) is 0 Å². The van der Waals surface area contributed by atoms with Crippen LogP contribution in [-0.4, -0.2) is 4.98 Å². The Morgan fingerprint density at radius 2 is 1.69 bits per heavy atom. The molecular weight excluding hydrogens is 222 g/mol. The molecule has 0 amide bonds. The summed E-state index contributed by atoms with van der Waals surface area (Å²) in [5.74, 6) is 0. The van der Waals surface area contributed by atoms with E-state index in [1.807, 2.05) is 6.07 Å². The third-order valence-electron chi connectivity index (χ3n) is 2.90. The van der Waals surface area contributed by atoms with Gasteiger partial charge in [-0.2, -0.15) is 10.5 Å². The lowest BCUT2D eigenvalue weighted by Gasteiger charge is -2.09. The largest absolute Gasteiger partial charge is 0.239 e. The molecular formula is C12H10ClN3. The number of nitriles is 2. The lowest BCUT2D eigenvalue weighted by molar-refractivity contribution is 0.708. The van der Waals surface area contributed by atoms with Gasteiger partial charge in [-0.1, -0.05) is 18.0 Å². The SMILES string of the molecule is N#Cc1c(Cl)nc2c(c1C#N)CCCCC2. The summed E-state index contributed by atoms with van der Waals surface area (Å²) < 4.78 is 0. The van der Waals surface area contributed by atoms with E-state index in [-0.39, 0.29) is 10.7 Å². The third kappa shape index (κ3) is 1.75. The molecule has 0 unspecified atom stereocenters. The molecule has 1 aromatic rings. The average Bonchev–Trinajstić information content (AvgIpc) is 2.52. The van der Waals surface area contributed by atoms with Gasteiger partial charge < -0.3 is 0 Å². The van der Waals surface area contributed by atoms with Gasteiger partial charge in [-0.15, -0.1) is 0 Å². The smallest absolute Gasteiger partial charge is 0.148 e. The van der Waals surface area contributed by atoms with Crippen LogP contribution in [0.5, 0.6) is 0 Å². The zero-order chi connectivity index (χ0) is 11.5. The van der Waals surface area contributed by atoms with E-state index in [0.29, 0.717) is 5.56 Å². The normalized spacial score (nSPS) is 14.4. The van der Waals surface area contributed by atoms with Crippen LogP contribution in [0, 0.1) is 22.7 Å². The van der Waals surface area contributed by atoms with Crippen molar-refractivity contribution in [1.82, 2.24) is 4.98 Å². The number of rotatable bonds is 0. The van der Waals surface area contributed by atoms with E-state index < -0.39 is 0 Å². The second-order valence-corrected chi connectivity index (χ2v) is 4.22. The van der Waals surface area contributed by atoms with Crippen LogP contribution in [-0.2, 0) is 12.8 Å². The quantitative estimate of drug-likeness (QED) is 0.510. The van der Waals surface area contributed by atoms with Gasteiger partial charge in [-0.25, -0.2) is 4.98 Å². The summed E-state index contributed by atoms with van der Waals surface area (Å²) in [4.78, 5) is 4.24. The summed E-state index contributed by atoms with van der Waals surface area (Å²) in [7, 11) is 0. The molecule has 1 aliphatic carbocycles. The Morgan fingerprint density at radius 1 is 1.00 bits per heavy atom. The molecule has 0 N–H and O–H groups in total. The highest BCUT2D eigenvalue weighted by atomic mass is 35.5. The van der Waals surface area contributed by atoms with Gasteiger partial charge in [0.1, 0.15) is 22.9 Å². The molecule has 0 aliphatic heterocycles. The van der Waals surface area contributed by atoms with Crippen LogP contribution in [0.3, 0.4) is 0 Å². The number of nitrogens with zero attached hydrogens (tertiary/aromatic N) is 3. The molecule has 16 heavy (non-hydrogen) atoms. The van der Waals surface area contributed by atoms with Crippen molar-refractivity contribution in [1.29, 1.82) is 10.5 Å². The Bertz CT molecular complexity index is 508. The average molecular weight is 232 g/mol. The first-order chi connectivity index (χ1) is 7.77. The molecule has 0 aromatic carbocycles. The highest BCUT2D eigenvalue weighted by Crippen LogP contribution is 2.28.